The lowest BCUT2D eigenvalue weighted by molar-refractivity contribution is 0.0556. The molecule has 218 valence electrons. The van der Waals surface area contributed by atoms with Crippen molar-refractivity contribution in [3.05, 3.63) is 60.6 Å². The van der Waals surface area contributed by atoms with E-state index in [4.69, 9.17) is 32.7 Å². The van der Waals surface area contributed by atoms with Gasteiger partial charge in [-0.2, -0.15) is 0 Å². The van der Waals surface area contributed by atoms with Gasteiger partial charge in [-0.3, -0.25) is 9.69 Å². The SMILES string of the molecule is C=Ic1cc(OCC2CCN([C@H](COC)c3cc(Cl)cc(Cl)c3)CC2)c(C2CC2)cc1C(=O)NS(=O)(=O)C1CC1. The molecule has 1 heterocycles. The number of halogens is 3. The van der Waals surface area contributed by atoms with E-state index in [2.05, 4.69) is 14.1 Å². The van der Waals surface area contributed by atoms with Gasteiger partial charge in [0, 0.05) is 20.7 Å². The largest absolute Gasteiger partial charge is 0.493 e. The maximum atomic E-state index is 13.0. The van der Waals surface area contributed by atoms with Crippen LogP contribution in [0.25, 0.3) is 0 Å². The first-order valence-electron chi connectivity index (χ1n) is 13.6. The number of benzene rings is 2. The van der Waals surface area contributed by atoms with Gasteiger partial charge in [-0.15, -0.1) is 0 Å². The predicted octanol–water partition coefficient (Wildman–Crippen LogP) is 6.14. The zero-order valence-electron chi connectivity index (χ0n) is 22.5. The van der Waals surface area contributed by atoms with Crippen molar-refractivity contribution in [1.82, 2.24) is 9.62 Å². The standard InChI is InChI=1S/C29H35Cl2IN2O5S/c1-32-26-15-28(24(19-3-4-19)14-25(26)29(35)33-40(36,37)23-5-6-23)39-16-18-7-9-34(10-8-18)27(17-38-2)20-11-21(30)13-22(31)12-20/h11-15,18-19,23,27H,1,3-10,16-17H2,2H3,(H,33,35)/t27-/m1/s1. The molecule has 3 aliphatic rings. The summed E-state index contributed by atoms with van der Waals surface area (Å²) in [5, 5.41) is 0.797. The molecule has 0 spiro atoms. The second kappa shape index (κ2) is 13.0. The van der Waals surface area contributed by atoms with Crippen molar-refractivity contribution < 1.29 is 22.7 Å². The normalized spacial score (nSPS) is 19.4. The van der Waals surface area contributed by atoms with Gasteiger partial charge in [0.2, 0.25) is 10.0 Å². The number of likely N-dealkylation sites (tertiary alicyclic amines) is 1. The van der Waals surface area contributed by atoms with E-state index in [9.17, 15) is 13.2 Å². The highest BCUT2D eigenvalue weighted by Gasteiger charge is 2.38. The maximum Gasteiger partial charge on any atom is 0.265 e. The number of ether oxygens (including phenoxy) is 2. The zero-order valence-corrected chi connectivity index (χ0v) is 27.0. The molecule has 1 amide bonds. The van der Waals surface area contributed by atoms with E-state index < -0.39 is 41.9 Å². The summed E-state index contributed by atoms with van der Waals surface area (Å²) in [6.07, 6.45) is 5.29. The smallest absolute Gasteiger partial charge is 0.265 e. The first-order valence-corrected chi connectivity index (χ1v) is 18.5. The second-order valence-corrected chi connectivity index (χ2v) is 15.7. The zero-order chi connectivity index (χ0) is 28.4. The van der Waals surface area contributed by atoms with Crippen molar-refractivity contribution in [2.75, 3.05) is 33.4 Å². The van der Waals surface area contributed by atoms with Gasteiger partial charge >= 0.3 is 0 Å². The highest BCUT2D eigenvalue weighted by molar-refractivity contribution is 14.2. The van der Waals surface area contributed by atoms with Gasteiger partial charge in [0.25, 0.3) is 5.91 Å². The average Bonchev–Trinajstić information content (AvgIpc) is 3.82. The summed E-state index contributed by atoms with van der Waals surface area (Å²) in [6, 6.07) is 9.54. The Balaban J connectivity index is 1.24. The van der Waals surface area contributed by atoms with Crippen LogP contribution in [0, 0.1) is 9.49 Å². The van der Waals surface area contributed by atoms with Gasteiger partial charge in [0.05, 0.1) is 30.1 Å². The third-order valence-electron chi connectivity index (χ3n) is 7.86. The highest BCUT2D eigenvalue weighted by atomic mass is 127. The Morgan fingerprint density at radius 3 is 2.33 bits per heavy atom. The fourth-order valence-electron chi connectivity index (χ4n) is 5.32. The molecule has 0 radical (unpaired) electrons. The van der Waals surface area contributed by atoms with E-state index in [0.717, 1.165) is 59.2 Å². The summed E-state index contributed by atoms with van der Waals surface area (Å²) in [7, 11) is -1.90. The van der Waals surface area contributed by atoms with E-state index in [1.165, 1.54) is 0 Å². The number of hydrogen-bond donors (Lipinski definition) is 1. The molecular weight excluding hydrogens is 686 g/mol. The van der Waals surface area contributed by atoms with E-state index in [-0.39, 0.29) is 6.04 Å². The number of methoxy groups -OCH3 is 1. The molecular formula is C29H35Cl2IN2O5S. The second-order valence-electron chi connectivity index (χ2n) is 10.9. The van der Waals surface area contributed by atoms with Crippen molar-refractivity contribution >= 4 is 64.4 Å². The van der Waals surface area contributed by atoms with Crippen LogP contribution >= 0.6 is 43.9 Å². The Kier molecular flexibility index (Phi) is 9.79. The molecule has 2 saturated carbocycles. The number of carbonyl (C=O) groups excluding carboxylic acids is 1. The third-order valence-corrected chi connectivity index (χ3v) is 11.8. The number of piperidine rings is 1. The minimum Gasteiger partial charge on any atom is -0.493 e. The monoisotopic (exact) mass is 720 g/mol. The van der Waals surface area contributed by atoms with Crippen LogP contribution in [-0.2, 0) is 14.8 Å². The van der Waals surface area contributed by atoms with E-state index in [0.29, 0.717) is 53.5 Å². The number of nitrogens with one attached hydrogen (secondary N) is 1. The van der Waals surface area contributed by atoms with Crippen LogP contribution < -0.4 is 9.46 Å². The first kappa shape index (κ1) is 30.2. The molecule has 40 heavy (non-hydrogen) atoms. The van der Waals surface area contributed by atoms with E-state index in [1.807, 2.05) is 24.3 Å². The molecule has 1 atom stereocenters. The van der Waals surface area contributed by atoms with Crippen LogP contribution in [0.4, 0.5) is 0 Å². The number of carbonyl (C=O) groups is 1. The van der Waals surface area contributed by atoms with Crippen LogP contribution in [-0.4, -0.2) is 62.4 Å². The van der Waals surface area contributed by atoms with Crippen molar-refractivity contribution in [1.29, 1.82) is 0 Å². The number of hydrogen-bond acceptors (Lipinski definition) is 6. The Hall–Kier alpha value is -1.24. The van der Waals surface area contributed by atoms with Crippen LogP contribution in [0.5, 0.6) is 5.75 Å². The van der Waals surface area contributed by atoms with Crippen LogP contribution in [0.15, 0.2) is 30.3 Å². The quantitative estimate of drug-likeness (QED) is 0.265. The van der Waals surface area contributed by atoms with Gasteiger partial charge in [0.1, 0.15) is 5.75 Å². The number of amides is 1. The molecule has 1 saturated heterocycles. The summed E-state index contributed by atoms with van der Waals surface area (Å²) < 4.78 is 43.9. The predicted molar refractivity (Wildman–Crippen MR) is 169 cm³/mol. The lowest BCUT2D eigenvalue weighted by Gasteiger charge is -2.37. The topological polar surface area (TPSA) is 84.9 Å². The molecule has 2 aromatic carbocycles. The van der Waals surface area contributed by atoms with Gasteiger partial charge in [-0.1, -0.05) is 48.4 Å². The fraction of sp³-hybridized carbons (Fsp3) is 0.517. The molecule has 7 nitrogen and oxygen atoms in total. The van der Waals surface area contributed by atoms with E-state index in [1.54, 1.807) is 13.2 Å². The van der Waals surface area contributed by atoms with Crippen molar-refractivity contribution in [3.63, 3.8) is 0 Å². The van der Waals surface area contributed by atoms with Crippen LogP contribution in [0.1, 0.15) is 72.0 Å². The van der Waals surface area contributed by atoms with E-state index >= 15 is 0 Å². The molecule has 0 unspecified atom stereocenters. The molecule has 1 N–H and O–H groups in total. The molecule has 2 aromatic rings. The number of nitrogens with zero attached hydrogens (tertiary/aromatic N) is 1. The fourth-order valence-corrected chi connectivity index (χ4v) is 8.47. The van der Waals surface area contributed by atoms with Crippen LogP contribution in [0.3, 0.4) is 0 Å². The maximum absolute atomic E-state index is 13.0. The highest BCUT2D eigenvalue weighted by Crippen LogP contribution is 2.46. The average molecular weight is 721 g/mol. The molecule has 0 aromatic heterocycles. The summed E-state index contributed by atoms with van der Waals surface area (Å²) in [6.45, 7) is 2.97. The summed E-state index contributed by atoms with van der Waals surface area (Å²) in [4.78, 5) is 15.4. The number of sulfonamides is 1. The summed E-state index contributed by atoms with van der Waals surface area (Å²) in [5.74, 6) is 1.02. The van der Waals surface area contributed by atoms with Gasteiger partial charge in [-0.05, 0) is 105 Å². The Morgan fingerprint density at radius 1 is 1.07 bits per heavy atom. The van der Waals surface area contributed by atoms with Gasteiger partial charge < -0.3 is 9.47 Å². The van der Waals surface area contributed by atoms with Crippen molar-refractivity contribution in [2.45, 2.75) is 55.7 Å². The van der Waals surface area contributed by atoms with Gasteiger partial charge in [-0.25, -0.2) is 13.1 Å². The Labute approximate surface area is 256 Å². The summed E-state index contributed by atoms with van der Waals surface area (Å²) >= 11 is 11.8. The molecule has 11 heteroatoms. The van der Waals surface area contributed by atoms with Gasteiger partial charge in [0.15, 0.2) is 0 Å². The molecule has 2 aliphatic carbocycles. The first-order chi connectivity index (χ1) is 19.2. The lowest BCUT2D eigenvalue weighted by atomic mass is 9.95. The summed E-state index contributed by atoms with van der Waals surface area (Å²) in [5.41, 5.74) is 2.49. The molecule has 3 fully saturated rings. The minimum absolute atomic E-state index is 0.0792. The van der Waals surface area contributed by atoms with Crippen molar-refractivity contribution in [2.24, 2.45) is 5.92 Å². The molecule has 5 rings (SSSR count). The Bertz CT molecular complexity index is 1350. The number of rotatable bonds is 12. The third kappa shape index (κ3) is 7.39. The minimum atomic E-state index is -3.61. The van der Waals surface area contributed by atoms with Crippen LogP contribution in [0.2, 0.25) is 10.0 Å². The lowest BCUT2D eigenvalue weighted by Crippen LogP contribution is -2.39. The van der Waals surface area contributed by atoms with Crippen molar-refractivity contribution in [3.8, 4) is 5.75 Å². The Morgan fingerprint density at radius 2 is 1.75 bits per heavy atom. The molecule has 0 bridgehead atoms. The molecule has 1 aliphatic heterocycles.